The molecule has 0 saturated heterocycles. The number of nitrogens with one attached hydrogen (secondary N) is 2. The lowest BCUT2D eigenvalue weighted by Crippen LogP contribution is -2.55. The number of H-pyrrole nitrogens is 1. The van der Waals surface area contributed by atoms with Crippen molar-refractivity contribution in [3.63, 3.8) is 0 Å². The van der Waals surface area contributed by atoms with Gasteiger partial charge in [-0.15, -0.1) is 0 Å². The summed E-state index contributed by atoms with van der Waals surface area (Å²) in [6.07, 6.45) is -4.85. The highest BCUT2D eigenvalue weighted by Gasteiger charge is 2.62. The van der Waals surface area contributed by atoms with Crippen LogP contribution in [-0.4, -0.2) is 27.0 Å². The number of aromatic hydroxyl groups is 1. The van der Waals surface area contributed by atoms with Gasteiger partial charge in [-0.3, -0.25) is 4.79 Å². The number of aryl methyl sites for hydroxylation is 1. The van der Waals surface area contributed by atoms with Gasteiger partial charge >= 0.3 is 6.18 Å². The highest BCUT2D eigenvalue weighted by atomic mass is 19.4. The first-order valence-corrected chi connectivity index (χ1v) is 10.7. The van der Waals surface area contributed by atoms with Crippen molar-refractivity contribution in [3.8, 4) is 5.75 Å². The Bertz CT molecular complexity index is 1270. The minimum absolute atomic E-state index is 0.0637. The van der Waals surface area contributed by atoms with Crippen LogP contribution in [0, 0.1) is 5.82 Å². The molecule has 0 saturated carbocycles. The van der Waals surface area contributed by atoms with Gasteiger partial charge in [0.2, 0.25) is 5.56 Å². The van der Waals surface area contributed by atoms with Crippen molar-refractivity contribution in [1.29, 1.82) is 0 Å². The van der Waals surface area contributed by atoms with Crippen molar-refractivity contribution in [2.24, 2.45) is 0 Å². The number of alkyl halides is 3. The Hall–Kier alpha value is -3.07. The van der Waals surface area contributed by atoms with Crippen molar-refractivity contribution in [1.82, 2.24) is 4.98 Å². The third-order valence-corrected chi connectivity index (χ3v) is 6.60. The van der Waals surface area contributed by atoms with E-state index in [9.17, 15) is 32.6 Å². The summed E-state index contributed by atoms with van der Waals surface area (Å²) >= 11 is 0. The van der Waals surface area contributed by atoms with Gasteiger partial charge < -0.3 is 20.5 Å². The van der Waals surface area contributed by atoms with Crippen molar-refractivity contribution in [3.05, 3.63) is 69.3 Å². The highest BCUT2D eigenvalue weighted by molar-refractivity contribution is 5.91. The Morgan fingerprint density at radius 2 is 1.88 bits per heavy atom. The van der Waals surface area contributed by atoms with E-state index < -0.39 is 41.5 Å². The summed E-state index contributed by atoms with van der Waals surface area (Å²) in [6.45, 7) is 3.54. The lowest BCUT2D eigenvalue weighted by atomic mass is 9.68. The zero-order valence-corrected chi connectivity index (χ0v) is 18.1. The molecule has 9 heteroatoms. The fraction of sp³-hybridized carbons (Fsp3) is 0.375. The summed E-state index contributed by atoms with van der Waals surface area (Å²) in [7, 11) is 0. The molecule has 0 amide bonds. The fourth-order valence-electron chi connectivity index (χ4n) is 4.81. The first-order valence-electron chi connectivity index (χ1n) is 10.7. The molecular formula is C24H24F4N2O3. The molecule has 176 valence electrons. The van der Waals surface area contributed by atoms with Crippen LogP contribution >= 0.6 is 0 Å². The molecule has 1 aliphatic rings. The molecule has 5 nitrogen and oxygen atoms in total. The lowest BCUT2D eigenvalue weighted by molar-refractivity contribution is -0.272. The number of pyridine rings is 1. The predicted octanol–water partition coefficient (Wildman–Crippen LogP) is 5.28. The van der Waals surface area contributed by atoms with Crippen LogP contribution in [0.15, 0.2) is 41.2 Å². The lowest BCUT2D eigenvalue weighted by Gasteiger charge is -2.46. The summed E-state index contributed by atoms with van der Waals surface area (Å²) < 4.78 is 57.2. The third kappa shape index (κ3) is 3.64. The average molecular weight is 464 g/mol. The molecule has 3 atom stereocenters. The Labute approximate surface area is 187 Å². The fourth-order valence-corrected chi connectivity index (χ4v) is 4.81. The number of phenols is 1. The van der Waals surface area contributed by atoms with Gasteiger partial charge in [-0.25, -0.2) is 4.39 Å². The second kappa shape index (κ2) is 8.06. The number of fused-ring (bicyclic) bond motifs is 2. The van der Waals surface area contributed by atoms with Crippen LogP contribution in [0.5, 0.6) is 5.75 Å². The first-order chi connectivity index (χ1) is 15.5. The number of benzene rings is 2. The topological polar surface area (TPSA) is 85.3 Å². The molecule has 1 aromatic heterocycles. The van der Waals surface area contributed by atoms with Gasteiger partial charge in [0.15, 0.2) is 5.60 Å². The number of aromatic nitrogens is 1. The summed E-state index contributed by atoms with van der Waals surface area (Å²) in [6, 6.07) is 6.12. The standard InChI is InChI=1S/C24H24F4N2O3/c1-3-12-5-6-15-19(21(12)32)13(4-2)11-23(33,24(26,27)28)22(15)29-17-9-8-16(25)20-14(17)7-10-18(31)30-20/h5-10,13,22,29,32-33H,3-4,11H2,1-2H3,(H,30,31)/t13-,22+,23+/m1/s1. The van der Waals surface area contributed by atoms with E-state index in [0.717, 1.165) is 12.1 Å². The van der Waals surface area contributed by atoms with Crippen molar-refractivity contribution in [2.45, 2.75) is 56.8 Å². The monoisotopic (exact) mass is 464 g/mol. The molecule has 0 radical (unpaired) electrons. The number of aromatic amines is 1. The van der Waals surface area contributed by atoms with Gasteiger partial charge in [0.1, 0.15) is 11.6 Å². The largest absolute Gasteiger partial charge is 0.507 e. The van der Waals surface area contributed by atoms with E-state index in [2.05, 4.69) is 10.3 Å². The SMILES string of the molecule is CCc1ccc2c(c1O)[C@H](CC)C[C@@](O)(C(F)(F)F)[C@H]2Nc1ccc(F)c2[nH]c(=O)ccc12. The second-order valence-electron chi connectivity index (χ2n) is 8.44. The van der Waals surface area contributed by atoms with Crippen LogP contribution < -0.4 is 10.9 Å². The van der Waals surface area contributed by atoms with Gasteiger partial charge in [0.25, 0.3) is 0 Å². The Balaban J connectivity index is 1.95. The molecule has 0 bridgehead atoms. The number of anilines is 1. The van der Waals surface area contributed by atoms with Gasteiger partial charge in [0.05, 0.1) is 11.6 Å². The molecule has 3 aromatic rings. The zero-order valence-electron chi connectivity index (χ0n) is 18.1. The van der Waals surface area contributed by atoms with Crippen LogP contribution in [0.3, 0.4) is 0 Å². The number of hydrogen-bond donors (Lipinski definition) is 4. The molecular weight excluding hydrogens is 440 g/mol. The maximum absolute atomic E-state index is 14.3. The van der Waals surface area contributed by atoms with Gasteiger partial charge in [-0.05, 0) is 54.5 Å². The zero-order chi connectivity index (χ0) is 24.1. The Morgan fingerprint density at radius 1 is 1.15 bits per heavy atom. The van der Waals surface area contributed by atoms with E-state index in [0.29, 0.717) is 24.0 Å². The summed E-state index contributed by atoms with van der Waals surface area (Å²) in [4.78, 5) is 14.0. The van der Waals surface area contributed by atoms with Gasteiger partial charge in [-0.2, -0.15) is 13.2 Å². The maximum atomic E-state index is 14.3. The Morgan fingerprint density at radius 3 is 2.52 bits per heavy atom. The molecule has 4 rings (SSSR count). The van der Waals surface area contributed by atoms with Crippen molar-refractivity contribution < 1.29 is 27.8 Å². The van der Waals surface area contributed by atoms with Crippen LogP contribution in [0.1, 0.15) is 55.3 Å². The molecule has 0 aliphatic heterocycles. The number of halogens is 4. The van der Waals surface area contributed by atoms with Gasteiger partial charge in [0, 0.05) is 22.7 Å². The molecule has 0 fully saturated rings. The smallest absolute Gasteiger partial charge is 0.419 e. The molecule has 1 aliphatic carbocycles. The van der Waals surface area contributed by atoms with E-state index in [1.165, 1.54) is 18.2 Å². The quantitative estimate of drug-likeness (QED) is 0.396. The van der Waals surface area contributed by atoms with Crippen LogP contribution in [0.4, 0.5) is 23.2 Å². The molecule has 4 N–H and O–H groups in total. The summed E-state index contributed by atoms with van der Waals surface area (Å²) in [5.41, 5.74) is -2.65. The van der Waals surface area contributed by atoms with E-state index in [-0.39, 0.29) is 27.9 Å². The Kier molecular flexibility index (Phi) is 5.64. The molecule has 33 heavy (non-hydrogen) atoms. The highest BCUT2D eigenvalue weighted by Crippen LogP contribution is 2.55. The van der Waals surface area contributed by atoms with E-state index in [4.69, 9.17) is 0 Å². The summed E-state index contributed by atoms with van der Waals surface area (Å²) in [5, 5.41) is 24.8. The van der Waals surface area contributed by atoms with Crippen LogP contribution in [0.2, 0.25) is 0 Å². The second-order valence-corrected chi connectivity index (χ2v) is 8.44. The van der Waals surface area contributed by atoms with E-state index in [1.807, 2.05) is 6.92 Å². The molecule has 2 aromatic carbocycles. The molecule has 0 unspecified atom stereocenters. The normalized spacial score (nSPS) is 22.9. The van der Waals surface area contributed by atoms with Crippen LogP contribution in [-0.2, 0) is 6.42 Å². The van der Waals surface area contributed by atoms with E-state index >= 15 is 0 Å². The van der Waals surface area contributed by atoms with Crippen LogP contribution in [0.25, 0.3) is 10.9 Å². The first kappa shape index (κ1) is 23.1. The molecule has 0 spiro atoms. The third-order valence-electron chi connectivity index (χ3n) is 6.60. The number of rotatable bonds is 4. The van der Waals surface area contributed by atoms with Crippen molar-refractivity contribution in [2.75, 3.05) is 5.32 Å². The maximum Gasteiger partial charge on any atom is 0.419 e. The van der Waals surface area contributed by atoms with E-state index in [1.54, 1.807) is 13.0 Å². The minimum atomic E-state index is -4.99. The molecule has 1 heterocycles. The van der Waals surface area contributed by atoms with Gasteiger partial charge in [-0.1, -0.05) is 26.0 Å². The number of phenolic OH excluding ortho intramolecular Hbond substituents is 1. The average Bonchev–Trinajstić information content (AvgIpc) is 2.76. The summed E-state index contributed by atoms with van der Waals surface area (Å²) in [5.74, 6) is -1.51. The number of hydrogen-bond acceptors (Lipinski definition) is 4. The van der Waals surface area contributed by atoms with Crippen molar-refractivity contribution >= 4 is 16.6 Å². The minimum Gasteiger partial charge on any atom is -0.507 e. The number of aliphatic hydroxyl groups is 1. The predicted molar refractivity (Wildman–Crippen MR) is 117 cm³/mol.